The topological polar surface area (TPSA) is 58.4 Å². The van der Waals surface area contributed by atoms with Gasteiger partial charge in [0.05, 0.1) is 0 Å². The molecule has 1 aromatic carbocycles. The first kappa shape index (κ1) is 14.9. The number of rotatable bonds is 4. The first-order valence-electron chi connectivity index (χ1n) is 7.50. The number of piperidine rings is 1. The zero-order valence-electron chi connectivity index (χ0n) is 12.2. The Morgan fingerprint density at radius 2 is 2.20 bits per heavy atom. The van der Waals surface area contributed by atoms with Crippen molar-refractivity contribution in [2.75, 3.05) is 19.6 Å². The highest BCUT2D eigenvalue weighted by Crippen LogP contribution is 2.15. The summed E-state index contributed by atoms with van der Waals surface area (Å²) in [6.45, 7) is 4.57. The van der Waals surface area contributed by atoms with E-state index in [1.807, 2.05) is 35.2 Å². The van der Waals surface area contributed by atoms with E-state index in [-0.39, 0.29) is 12.1 Å². The van der Waals surface area contributed by atoms with Crippen molar-refractivity contribution in [2.45, 2.75) is 32.2 Å². The Balaban J connectivity index is 1.71. The molecule has 20 heavy (non-hydrogen) atoms. The van der Waals surface area contributed by atoms with Gasteiger partial charge in [-0.15, -0.1) is 0 Å². The van der Waals surface area contributed by atoms with Crippen LogP contribution in [0.5, 0.6) is 0 Å². The van der Waals surface area contributed by atoms with Gasteiger partial charge in [0.25, 0.3) is 0 Å². The molecule has 0 spiro atoms. The fraction of sp³-hybridized carbons (Fsp3) is 0.562. The third-order valence-corrected chi connectivity index (χ3v) is 3.90. The maximum atomic E-state index is 12.0. The van der Waals surface area contributed by atoms with Crippen LogP contribution in [0.15, 0.2) is 30.3 Å². The largest absolute Gasteiger partial charge is 0.338 e. The average molecular weight is 275 g/mol. The normalized spacial score (nSPS) is 20.5. The highest BCUT2D eigenvalue weighted by molar-refractivity contribution is 5.74. The molecule has 0 aromatic heterocycles. The summed E-state index contributed by atoms with van der Waals surface area (Å²) in [6, 6.07) is 10.0. The van der Waals surface area contributed by atoms with Gasteiger partial charge in [-0.2, -0.15) is 0 Å². The van der Waals surface area contributed by atoms with Crippen LogP contribution in [-0.4, -0.2) is 30.6 Å². The molecule has 4 heteroatoms. The standard InChI is InChI=1S/C16H25N3O/c1-13-6-5-11-19(12-13)16(20)18-10-9-15(17)14-7-3-2-4-8-14/h2-4,7-8,13,15H,5-6,9-12,17H2,1H3,(H,18,20). The van der Waals surface area contributed by atoms with Gasteiger partial charge in [0, 0.05) is 25.7 Å². The van der Waals surface area contributed by atoms with Gasteiger partial charge in [0.15, 0.2) is 0 Å². The molecule has 2 rings (SSSR count). The van der Waals surface area contributed by atoms with Crippen LogP contribution in [0.25, 0.3) is 0 Å². The van der Waals surface area contributed by atoms with E-state index in [1.165, 1.54) is 6.42 Å². The Labute approximate surface area is 121 Å². The quantitative estimate of drug-likeness (QED) is 0.887. The zero-order valence-corrected chi connectivity index (χ0v) is 12.2. The van der Waals surface area contributed by atoms with E-state index in [0.717, 1.165) is 31.5 Å². The van der Waals surface area contributed by atoms with Crippen molar-refractivity contribution in [2.24, 2.45) is 11.7 Å². The van der Waals surface area contributed by atoms with Crippen molar-refractivity contribution < 1.29 is 4.79 Å². The van der Waals surface area contributed by atoms with Crippen LogP contribution in [0.1, 0.15) is 37.8 Å². The molecule has 1 heterocycles. The van der Waals surface area contributed by atoms with Crippen molar-refractivity contribution in [3.8, 4) is 0 Å². The summed E-state index contributed by atoms with van der Waals surface area (Å²) in [5.74, 6) is 0.612. The van der Waals surface area contributed by atoms with Crippen LogP contribution in [0.2, 0.25) is 0 Å². The predicted molar refractivity (Wildman–Crippen MR) is 81.4 cm³/mol. The number of hydrogen-bond acceptors (Lipinski definition) is 2. The zero-order chi connectivity index (χ0) is 14.4. The van der Waals surface area contributed by atoms with Gasteiger partial charge in [0.2, 0.25) is 0 Å². The lowest BCUT2D eigenvalue weighted by Crippen LogP contribution is -2.45. The molecule has 1 aliphatic heterocycles. The van der Waals surface area contributed by atoms with Crippen LogP contribution in [0.4, 0.5) is 4.79 Å². The van der Waals surface area contributed by atoms with E-state index in [9.17, 15) is 4.79 Å². The number of nitrogens with two attached hydrogens (primary N) is 1. The Morgan fingerprint density at radius 1 is 1.45 bits per heavy atom. The number of hydrogen-bond donors (Lipinski definition) is 2. The molecule has 4 nitrogen and oxygen atoms in total. The second-order valence-corrected chi connectivity index (χ2v) is 5.73. The molecule has 1 aromatic rings. The minimum Gasteiger partial charge on any atom is -0.338 e. The fourth-order valence-electron chi connectivity index (χ4n) is 2.69. The van der Waals surface area contributed by atoms with Crippen molar-refractivity contribution in [3.63, 3.8) is 0 Å². The molecule has 2 unspecified atom stereocenters. The number of carbonyl (C=O) groups excluding carboxylic acids is 1. The number of nitrogens with one attached hydrogen (secondary N) is 1. The fourth-order valence-corrected chi connectivity index (χ4v) is 2.69. The lowest BCUT2D eigenvalue weighted by Gasteiger charge is -2.31. The first-order chi connectivity index (χ1) is 9.66. The summed E-state index contributed by atoms with van der Waals surface area (Å²) in [5, 5.41) is 2.98. The predicted octanol–water partition coefficient (Wildman–Crippen LogP) is 2.52. The first-order valence-corrected chi connectivity index (χ1v) is 7.50. The maximum absolute atomic E-state index is 12.0. The van der Waals surface area contributed by atoms with Gasteiger partial charge in [-0.3, -0.25) is 0 Å². The minimum absolute atomic E-state index is 0.0169. The van der Waals surface area contributed by atoms with Gasteiger partial charge in [-0.05, 0) is 30.7 Å². The van der Waals surface area contributed by atoms with Crippen LogP contribution in [0, 0.1) is 5.92 Å². The molecular weight excluding hydrogens is 250 g/mol. The average Bonchev–Trinajstić information content (AvgIpc) is 2.48. The van der Waals surface area contributed by atoms with Crippen LogP contribution >= 0.6 is 0 Å². The van der Waals surface area contributed by atoms with Crippen LogP contribution in [0.3, 0.4) is 0 Å². The van der Waals surface area contributed by atoms with E-state index in [0.29, 0.717) is 12.5 Å². The summed E-state index contributed by atoms with van der Waals surface area (Å²) in [4.78, 5) is 14.0. The van der Waals surface area contributed by atoms with E-state index in [4.69, 9.17) is 5.73 Å². The molecule has 1 saturated heterocycles. The van der Waals surface area contributed by atoms with E-state index < -0.39 is 0 Å². The number of carbonyl (C=O) groups is 1. The molecule has 1 fully saturated rings. The summed E-state index contributed by atoms with van der Waals surface area (Å²) < 4.78 is 0. The second-order valence-electron chi connectivity index (χ2n) is 5.73. The highest BCUT2D eigenvalue weighted by atomic mass is 16.2. The number of amides is 2. The third kappa shape index (κ3) is 4.23. The summed E-state index contributed by atoms with van der Waals surface area (Å²) in [6.07, 6.45) is 3.10. The third-order valence-electron chi connectivity index (χ3n) is 3.90. The van der Waals surface area contributed by atoms with Crippen molar-refractivity contribution in [1.82, 2.24) is 10.2 Å². The molecule has 0 aliphatic carbocycles. The van der Waals surface area contributed by atoms with E-state index in [1.54, 1.807) is 0 Å². The lowest BCUT2D eigenvalue weighted by atomic mass is 10.0. The molecule has 2 amide bonds. The van der Waals surface area contributed by atoms with Crippen LogP contribution in [-0.2, 0) is 0 Å². The molecule has 0 bridgehead atoms. The summed E-state index contributed by atoms with van der Waals surface area (Å²) >= 11 is 0. The highest BCUT2D eigenvalue weighted by Gasteiger charge is 2.20. The van der Waals surface area contributed by atoms with E-state index >= 15 is 0 Å². The Morgan fingerprint density at radius 3 is 2.90 bits per heavy atom. The maximum Gasteiger partial charge on any atom is 0.317 e. The number of nitrogens with zero attached hydrogens (tertiary/aromatic N) is 1. The van der Waals surface area contributed by atoms with Crippen molar-refractivity contribution in [1.29, 1.82) is 0 Å². The van der Waals surface area contributed by atoms with Gasteiger partial charge in [-0.25, -0.2) is 4.79 Å². The molecule has 0 saturated carbocycles. The van der Waals surface area contributed by atoms with Gasteiger partial charge in [-0.1, -0.05) is 37.3 Å². The molecule has 1 aliphatic rings. The Bertz CT molecular complexity index is 421. The van der Waals surface area contributed by atoms with Gasteiger partial charge in [0.1, 0.15) is 0 Å². The summed E-state index contributed by atoms with van der Waals surface area (Å²) in [7, 11) is 0. The Hall–Kier alpha value is -1.55. The number of urea groups is 1. The van der Waals surface area contributed by atoms with Crippen molar-refractivity contribution in [3.05, 3.63) is 35.9 Å². The second kappa shape index (κ2) is 7.29. The van der Waals surface area contributed by atoms with E-state index in [2.05, 4.69) is 12.2 Å². The molecular formula is C16H25N3O. The number of benzene rings is 1. The monoisotopic (exact) mass is 275 g/mol. The SMILES string of the molecule is CC1CCCN(C(=O)NCCC(N)c2ccccc2)C1. The summed E-state index contributed by atoms with van der Waals surface area (Å²) in [5.41, 5.74) is 7.24. The molecule has 110 valence electrons. The Kier molecular flexibility index (Phi) is 5.41. The van der Waals surface area contributed by atoms with Gasteiger partial charge < -0.3 is 16.0 Å². The smallest absolute Gasteiger partial charge is 0.317 e. The molecule has 0 radical (unpaired) electrons. The van der Waals surface area contributed by atoms with Gasteiger partial charge >= 0.3 is 6.03 Å². The molecule has 3 N–H and O–H groups in total. The lowest BCUT2D eigenvalue weighted by molar-refractivity contribution is 0.169. The number of likely N-dealkylation sites (tertiary alicyclic amines) is 1. The minimum atomic E-state index is -0.0169. The van der Waals surface area contributed by atoms with Crippen LogP contribution < -0.4 is 11.1 Å². The van der Waals surface area contributed by atoms with Crippen molar-refractivity contribution >= 4 is 6.03 Å². The molecule has 2 atom stereocenters.